The van der Waals surface area contributed by atoms with E-state index >= 15 is 0 Å². The van der Waals surface area contributed by atoms with Crippen molar-refractivity contribution in [1.29, 1.82) is 0 Å². The van der Waals surface area contributed by atoms with Gasteiger partial charge in [0, 0.05) is 26.4 Å². The lowest BCUT2D eigenvalue weighted by Crippen LogP contribution is -2.36. The van der Waals surface area contributed by atoms with Gasteiger partial charge in [0.05, 0.1) is 12.0 Å². The standard InChI is InChI=1S/C20H27N3O3S/c1-14-10-16(6-8-18(14)26-4)12-22-20(21-3)23-13-17-7-9-19(15(2)11-17)27(5,24)25/h6-11H,12-13H2,1-5H3,(H2,21,22,23). The number of aryl methyl sites for hydroxylation is 2. The largest absolute Gasteiger partial charge is 0.496 e. The van der Waals surface area contributed by atoms with Crippen LogP contribution in [0, 0.1) is 13.8 Å². The Morgan fingerprint density at radius 1 is 1.00 bits per heavy atom. The smallest absolute Gasteiger partial charge is 0.191 e. The van der Waals surface area contributed by atoms with Crippen LogP contribution in [0.4, 0.5) is 0 Å². The monoisotopic (exact) mass is 389 g/mol. The molecule has 2 N–H and O–H groups in total. The minimum Gasteiger partial charge on any atom is -0.496 e. The Hall–Kier alpha value is -2.54. The zero-order chi connectivity index (χ0) is 20.0. The van der Waals surface area contributed by atoms with E-state index in [1.165, 1.54) is 6.26 Å². The molecule has 0 atom stereocenters. The molecule has 0 fully saturated rings. The molecule has 0 saturated heterocycles. The number of methoxy groups -OCH3 is 1. The van der Waals surface area contributed by atoms with Gasteiger partial charge in [0.15, 0.2) is 15.8 Å². The topological polar surface area (TPSA) is 79.8 Å². The highest BCUT2D eigenvalue weighted by atomic mass is 32.2. The maximum atomic E-state index is 11.7. The number of hydrogen-bond donors (Lipinski definition) is 2. The van der Waals surface area contributed by atoms with Gasteiger partial charge < -0.3 is 15.4 Å². The van der Waals surface area contributed by atoms with Crippen molar-refractivity contribution in [3.05, 3.63) is 58.7 Å². The van der Waals surface area contributed by atoms with Crippen molar-refractivity contribution in [1.82, 2.24) is 10.6 Å². The molecule has 0 heterocycles. The van der Waals surface area contributed by atoms with Gasteiger partial charge in [-0.1, -0.05) is 24.3 Å². The SMILES string of the molecule is CN=C(NCc1ccc(OC)c(C)c1)NCc1ccc(S(C)(=O)=O)c(C)c1. The molecule has 0 aliphatic carbocycles. The van der Waals surface area contributed by atoms with Crippen molar-refractivity contribution in [3.63, 3.8) is 0 Å². The molecule has 0 unspecified atom stereocenters. The van der Waals surface area contributed by atoms with Gasteiger partial charge in [0.1, 0.15) is 5.75 Å². The molecule has 0 saturated carbocycles. The molecular formula is C20H27N3O3S. The maximum absolute atomic E-state index is 11.7. The van der Waals surface area contributed by atoms with Gasteiger partial charge in [-0.2, -0.15) is 0 Å². The van der Waals surface area contributed by atoms with Crippen LogP contribution < -0.4 is 15.4 Å². The van der Waals surface area contributed by atoms with Gasteiger partial charge >= 0.3 is 0 Å². The summed E-state index contributed by atoms with van der Waals surface area (Å²) in [5.74, 6) is 1.54. The number of guanidine groups is 1. The Kier molecular flexibility index (Phi) is 6.85. The molecule has 0 aromatic heterocycles. The van der Waals surface area contributed by atoms with Crippen LogP contribution >= 0.6 is 0 Å². The van der Waals surface area contributed by atoms with Gasteiger partial charge in [-0.3, -0.25) is 4.99 Å². The number of nitrogens with one attached hydrogen (secondary N) is 2. The zero-order valence-electron chi connectivity index (χ0n) is 16.5. The third-order valence-electron chi connectivity index (χ3n) is 4.24. The summed E-state index contributed by atoms with van der Waals surface area (Å²) in [7, 11) is 0.178. The second-order valence-corrected chi connectivity index (χ2v) is 8.44. The van der Waals surface area contributed by atoms with Gasteiger partial charge in [0.2, 0.25) is 0 Å². The van der Waals surface area contributed by atoms with E-state index in [2.05, 4.69) is 21.7 Å². The summed E-state index contributed by atoms with van der Waals surface area (Å²) < 4.78 is 28.7. The van der Waals surface area contributed by atoms with E-state index in [9.17, 15) is 8.42 Å². The van der Waals surface area contributed by atoms with Gasteiger partial charge in [-0.15, -0.1) is 0 Å². The number of hydrogen-bond acceptors (Lipinski definition) is 4. The van der Waals surface area contributed by atoms with E-state index in [-0.39, 0.29) is 0 Å². The molecule has 0 aliphatic rings. The van der Waals surface area contributed by atoms with Crippen LogP contribution in [0.5, 0.6) is 5.75 Å². The summed E-state index contributed by atoms with van der Waals surface area (Å²) >= 11 is 0. The van der Waals surface area contributed by atoms with E-state index in [0.717, 1.165) is 28.0 Å². The molecule has 6 nitrogen and oxygen atoms in total. The minimum absolute atomic E-state index is 0.364. The first-order chi connectivity index (χ1) is 12.7. The fourth-order valence-corrected chi connectivity index (χ4v) is 3.84. The Labute approximate surface area is 161 Å². The summed E-state index contributed by atoms with van der Waals surface area (Å²) in [6.45, 7) is 5.00. The summed E-state index contributed by atoms with van der Waals surface area (Å²) in [5.41, 5.74) is 3.95. The van der Waals surface area contributed by atoms with Crippen LogP contribution in [-0.4, -0.2) is 34.8 Å². The lowest BCUT2D eigenvalue weighted by atomic mass is 10.1. The highest BCUT2D eigenvalue weighted by Crippen LogP contribution is 2.18. The van der Waals surface area contributed by atoms with Crippen molar-refractivity contribution in [2.24, 2.45) is 4.99 Å². The molecule has 0 aliphatic heterocycles. The summed E-state index contributed by atoms with van der Waals surface area (Å²) in [4.78, 5) is 4.59. The van der Waals surface area contributed by atoms with E-state index in [4.69, 9.17) is 4.74 Å². The number of sulfone groups is 1. The van der Waals surface area contributed by atoms with Crippen LogP contribution in [-0.2, 0) is 22.9 Å². The van der Waals surface area contributed by atoms with Crippen LogP contribution in [0.25, 0.3) is 0 Å². The Morgan fingerprint density at radius 2 is 1.56 bits per heavy atom. The first kappa shape index (κ1) is 20.8. The quantitative estimate of drug-likeness (QED) is 0.586. The molecule has 0 radical (unpaired) electrons. The molecule has 27 heavy (non-hydrogen) atoms. The third-order valence-corrected chi connectivity index (χ3v) is 5.50. The molecule has 2 rings (SSSR count). The molecule has 2 aromatic rings. The lowest BCUT2D eigenvalue weighted by Gasteiger charge is -2.14. The molecule has 0 spiro atoms. The van der Waals surface area contributed by atoms with E-state index in [1.807, 2.05) is 31.2 Å². The molecule has 146 valence electrons. The molecule has 2 aromatic carbocycles. The van der Waals surface area contributed by atoms with Crippen LogP contribution in [0.1, 0.15) is 22.3 Å². The van der Waals surface area contributed by atoms with Crippen LogP contribution in [0.2, 0.25) is 0 Å². The van der Waals surface area contributed by atoms with Crippen molar-refractivity contribution in [3.8, 4) is 5.75 Å². The van der Waals surface area contributed by atoms with E-state index < -0.39 is 9.84 Å². The molecule has 7 heteroatoms. The second-order valence-electron chi connectivity index (χ2n) is 6.46. The first-order valence-electron chi connectivity index (χ1n) is 8.62. The fraction of sp³-hybridized carbons (Fsp3) is 0.350. The maximum Gasteiger partial charge on any atom is 0.191 e. The number of aliphatic imine (C=N–C) groups is 1. The Balaban J connectivity index is 1.96. The Bertz CT molecular complexity index is 937. The third kappa shape index (κ3) is 5.72. The summed E-state index contributed by atoms with van der Waals surface area (Å²) in [6.07, 6.45) is 1.22. The second kappa shape index (κ2) is 8.90. The van der Waals surface area contributed by atoms with E-state index in [0.29, 0.717) is 23.9 Å². The average molecular weight is 390 g/mol. The predicted molar refractivity (Wildman–Crippen MR) is 109 cm³/mol. The van der Waals surface area contributed by atoms with Crippen LogP contribution in [0.15, 0.2) is 46.3 Å². The number of nitrogens with zero attached hydrogens (tertiary/aromatic N) is 1. The Morgan fingerprint density at radius 3 is 2.00 bits per heavy atom. The molecule has 0 amide bonds. The average Bonchev–Trinajstić information content (AvgIpc) is 2.61. The van der Waals surface area contributed by atoms with Crippen molar-refractivity contribution in [2.45, 2.75) is 31.8 Å². The number of rotatable bonds is 6. The highest BCUT2D eigenvalue weighted by Gasteiger charge is 2.11. The normalized spacial score (nSPS) is 12.0. The highest BCUT2D eigenvalue weighted by molar-refractivity contribution is 7.90. The fourth-order valence-electron chi connectivity index (χ4n) is 2.88. The predicted octanol–water partition coefficient (Wildman–Crippen LogP) is 2.58. The van der Waals surface area contributed by atoms with Gasteiger partial charge in [0.25, 0.3) is 0 Å². The zero-order valence-corrected chi connectivity index (χ0v) is 17.3. The molecular weight excluding hydrogens is 362 g/mol. The lowest BCUT2D eigenvalue weighted by molar-refractivity contribution is 0.411. The van der Waals surface area contributed by atoms with Crippen molar-refractivity contribution >= 4 is 15.8 Å². The van der Waals surface area contributed by atoms with Crippen molar-refractivity contribution < 1.29 is 13.2 Å². The first-order valence-corrected chi connectivity index (χ1v) is 10.5. The van der Waals surface area contributed by atoms with E-state index in [1.54, 1.807) is 27.1 Å². The summed E-state index contributed by atoms with van der Waals surface area (Å²) in [6, 6.07) is 11.4. The van der Waals surface area contributed by atoms with Gasteiger partial charge in [-0.05, 0) is 48.2 Å². The van der Waals surface area contributed by atoms with Crippen LogP contribution in [0.3, 0.4) is 0 Å². The summed E-state index contributed by atoms with van der Waals surface area (Å²) in [5, 5.41) is 6.52. The minimum atomic E-state index is -3.20. The van der Waals surface area contributed by atoms with Crippen molar-refractivity contribution in [2.75, 3.05) is 20.4 Å². The number of benzene rings is 2. The molecule has 0 bridgehead atoms. The van der Waals surface area contributed by atoms with Gasteiger partial charge in [-0.25, -0.2) is 8.42 Å². The number of ether oxygens (including phenoxy) is 1.